The summed E-state index contributed by atoms with van der Waals surface area (Å²) >= 11 is 1.50. The second-order valence-corrected chi connectivity index (χ2v) is 8.84. The number of aliphatic hydroxyl groups is 1. The molecule has 30 heavy (non-hydrogen) atoms. The molecule has 0 bridgehead atoms. The van der Waals surface area contributed by atoms with Crippen molar-refractivity contribution in [3.05, 3.63) is 0 Å². The summed E-state index contributed by atoms with van der Waals surface area (Å²) in [6, 6.07) is -3.85. The first-order valence-electron chi connectivity index (χ1n) is 10.1. The van der Waals surface area contributed by atoms with Crippen molar-refractivity contribution >= 4 is 35.5 Å². The lowest BCUT2D eigenvalue weighted by molar-refractivity contribution is -0.149. The van der Waals surface area contributed by atoms with Gasteiger partial charge in [0.25, 0.3) is 0 Å². The lowest BCUT2D eigenvalue weighted by Gasteiger charge is -2.29. The Morgan fingerprint density at radius 1 is 1.17 bits per heavy atom. The number of carbonyl (C=O) groups excluding carboxylic acids is 3. The maximum Gasteiger partial charge on any atom is 0.326 e. The molecule has 0 aromatic rings. The van der Waals surface area contributed by atoms with Crippen molar-refractivity contribution in [2.45, 2.75) is 63.7 Å². The highest BCUT2D eigenvalue weighted by Gasteiger charge is 2.38. The maximum atomic E-state index is 13.0. The second kappa shape index (κ2) is 12.8. The molecule has 6 N–H and O–H groups in total. The summed E-state index contributed by atoms with van der Waals surface area (Å²) in [5.41, 5.74) is 5.52. The van der Waals surface area contributed by atoms with Crippen molar-refractivity contribution in [2.75, 3.05) is 25.2 Å². The molecule has 4 atom stereocenters. The van der Waals surface area contributed by atoms with E-state index < -0.39 is 54.5 Å². The summed E-state index contributed by atoms with van der Waals surface area (Å²) in [7, 11) is 0. The van der Waals surface area contributed by atoms with Gasteiger partial charge < -0.3 is 31.5 Å². The standard InChI is InChI=1S/C19H34N4O6S/c1-11(2)9-14(18(27)23-7-4-5-15(23)19(28)29)22-17(26)13(6-8-30-3)21-16(25)12(20)10-24/h11-15,24H,4-10,20H2,1-3H3,(H,21,25)(H,22,26)(H,28,29). The van der Waals surface area contributed by atoms with Crippen LogP contribution in [0.4, 0.5) is 0 Å². The zero-order valence-electron chi connectivity index (χ0n) is 17.8. The highest BCUT2D eigenvalue weighted by atomic mass is 32.2. The number of nitrogens with two attached hydrogens (primary N) is 1. The number of amides is 3. The first-order valence-corrected chi connectivity index (χ1v) is 11.5. The van der Waals surface area contributed by atoms with Gasteiger partial charge in [0.05, 0.1) is 6.61 Å². The largest absolute Gasteiger partial charge is 0.480 e. The van der Waals surface area contributed by atoms with Gasteiger partial charge in [-0.05, 0) is 43.6 Å². The molecule has 0 spiro atoms. The van der Waals surface area contributed by atoms with Gasteiger partial charge in [-0.1, -0.05) is 13.8 Å². The minimum Gasteiger partial charge on any atom is -0.480 e. The third kappa shape index (κ3) is 7.77. The lowest BCUT2D eigenvalue weighted by Crippen LogP contribution is -2.57. The van der Waals surface area contributed by atoms with E-state index in [2.05, 4.69) is 10.6 Å². The van der Waals surface area contributed by atoms with Crippen molar-refractivity contribution in [1.82, 2.24) is 15.5 Å². The third-order valence-corrected chi connectivity index (χ3v) is 5.56. The fraction of sp³-hybridized carbons (Fsp3) is 0.789. The summed E-state index contributed by atoms with van der Waals surface area (Å²) in [5.74, 6) is -2.01. The summed E-state index contributed by atoms with van der Waals surface area (Å²) in [4.78, 5) is 50.8. The molecule has 3 amide bonds. The Morgan fingerprint density at radius 3 is 2.33 bits per heavy atom. The number of aliphatic hydroxyl groups excluding tert-OH is 1. The number of nitrogens with zero attached hydrogens (tertiary/aromatic N) is 1. The fourth-order valence-corrected chi connectivity index (χ4v) is 3.79. The van der Waals surface area contributed by atoms with Gasteiger partial charge in [-0.25, -0.2) is 4.79 Å². The molecule has 0 aromatic carbocycles. The molecule has 10 nitrogen and oxygen atoms in total. The summed E-state index contributed by atoms with van der Waals surface area (Å²) in [6.07, 6.45) is 3.50. The first kappa shape index (κ1) is 26.2. The summed E-state index contributed by atoms with van der Waals surface area (Å²) < 4.78 is 0. The van der Waals surface area contributed by atoms with Crippen LogP contribution in [0.5, 0.6) is 0 Å². The highest BCUT2D eigenvalue weighted by Crippen LogP contribution is 2.20. The average Bonchev–Trinajstić information content (AvgIpc) is 3.18. The van der Waals surface area contributed by atoms with E-state index in [-0.39, 0.29) is 5.92 Å². The van der Waals surface area contributed by atoms with Crippen LogP contribution in [0.15, 0.2) is 0 Å². The van der Waals surface area contributed by atoms with Crippen molar-refractivity contribution in [3.63, 3.8) is 0 Å². The fourth-order valence-electron chi connectivity index (χ4n) is 3.32. The van der Waals surface area contributed by atoms with E-state index in [1.807, 2.05) is 20.1 Å². The van der Waals surface area contributed by atoms with E-state index in [0.717, 1.165) is 0 Å². The van der Waals surface area contributed by atoms with Gasteiger partial charge in [-0.2, -0.15) is 11.8 Å². The van der Waals surface area contributed by atoms with Gasteiger partial charge >= 0.3 is 5.97 Å². The predicted octanol–water partition coefficient (Wildman–Crippen LogP) is -0.850. The van der Waals surface area contributed by atoms with Crippen LogP contribution in [0.1, 0.15) is 39.5 Å². The number of nitrogens with one attached hydrogen (secondary N) is 2. The molecule has 1 fully saturated rings. The van der Waals surface area contributed by atoms with E-state index in [1.165, 1.54) is 16.7 Å². The smallest absolute Gasteiger partial charge is 0.326 e. The molecule has 0 saturated carbocycles. The predicted molar refractivity (Wildman–Crippen MR) is 114 cm³/mol. The molecule has 4 unspecified atom stereocenters. The van der Waals surface area contributed by atoms with Gasteiger partial charge in [0.2, 0.25) is 17.7 Å². The Labute approximate surface area is 181 Å². The Morgan fingerprint density at radius 2 is 1.80 bits per heavy atom. The molecule has 1 saturated heterocycles. The maximum absolute atomic E-state index is 13.0. The monoisotopic (exact) mass is 446 g/mol. The molecule has 0 radical (unpaired) electrons. The Bertz CT molecular complexity index is 618. The molecular weight excluding hydrogens is 412 g/mol. The highest BCUT2D eigenvalue weighted by molar-refractivity contribution is 7.98. The van der Waals surface area contributed by atoms with Crippen LogP contribution in [0.3, 0.4) is 0 Å². The van der Waals surface area contributed by atoms with E-state index in [1.54, 1.807) is 0 Å². The zero-order chi connectivity index (χ0) is 22.8. The van der Waals surface area contributed by atoms with Gasteiger partial charge in [0.15, 0.2) is 0 Å². The molecule has 1 aliphatic rings. The van der Waals surface area contributed by atoms with Crippen molar-refractivity contribution in [1.29, 1.82) is 0 Å². The van der Waals surface area contributed by atoms with Gasteiger partial charge in [0.1, 0.15) is 24.2 Å². The number of carbonyl (C=O) groups is 4. The average molecular weight is 447 g/mol. The number of thioether (sulfide) groups is 1. The SMILES string of the molecule is CSCCC(NC(=O)C(N)CO)C(=O)NC(CC(C)C)C(=O)N1CCCC1C(=O)O. The minimum atomic E-state index is -1.15. The molecule has 0 aliphatic carbocycles. The van der Waals surface area contributed by atoms with E-state index in [0.29, 0.717) is 38.0 Å². The van der Waals surface area contributed by atoms with Gasteiger partial charge in [-0.3, -0.25) is 14.4 Å². The number of rotatable bonds is 12. The van der Waals surface area contributed by atoms with Crippen LogP contribution in [0.2, 0.25) is 0 Å². The molecule has 0 aromatic heterocycles. The van der Waals surface area contributed by atoms with Crippen molar-refractivity contribution in [2.24, 2.45) is 11.7 Å². The van der Waals surface area contributed by atoms with Crippen LogP contribution < -0.4 is 16.4 Å². The van der Waals surface area contributed by atoms with Crippen LogP contribution in [0.25, 0.3) is 0 Å². The van der Waals surface area contributed by atoms with E-state index in [4.69, 9.17) is 10.8 Å². The van der Waals surface area contributed by atoms with Gasteiger partial charge in [-0.15, -0.1) is 0 Å². The van der Waals surface area contributed by atoms with Crippen LogP contribution >= 0.6 is 11.8 Å². The summed E-state index contributed by atoms with van der Waals surface area (Å²) in [6.45, 7) is 3.58. The molecular formula is C19H34N4O6S. The Kier molecular flexibility index (Phi) is 11.1. The second-order valence-electron chi connectivity index (χ2n) is 7.85. The topological polar surface area (TPSA) is 162 Å². The molecule has 172 valence electrons. The molecule has 1 aliphatic heterocycles. The number of hydrogen-bond donors (Lipinski definition) is 5. The lowest BCUT2D eigenvalue weighted by atomic mass is 10.0. The van der Waals surface area contributed by atoms with Crippen LogP contribution in [-0.2, 0) is 19.2 Å². The number of hydrogen-bond acceptors (Lipinski definition) is 7. The van der Waals surface area contributed by atoms with Crippen LogP contribution in [0, 0.1) is 5.92 Å². The zero-order valence-corrected chi connectivity index (χ0v) is 18.6. The number of aliphatic carboxylic acids is 1. The van der Waals surface area contributed by atoms with Crippen LogP contribution in [-0.4, -0.2) is 88.1 Å². The molecule has 1 rings (SSSR count). The van der Waals surface area contributed by atoms with Gasteiger partial charge in [0, 0.05) is 6.54 Å². The van der Waals surface area contributed by atoms with E-state index in [9.17, 15) is 24.3 Å². The Balaban J connectivity index is 2.96. The van der Waals surface area contributed by atoms with Crippen molar-refractivity contribution in [3.8, 4) is 0 Å². The first-order chi connectivity index (χ1) is 14.1. The third-order valence-electron chi connectivity index (χ3n) is 4.92. The quantitative estimate of drug-likeness (QED) is 0.259. The normalized spacial score (nSPS) is 19.3. The number of carboxylic acid groups (broad SMARTS) is 1. The minimum absolute atomic E-state index is 0.0761. The number of carboxylic acids is 1. The number of likely N-dealkylation sites (tertiary alicyclic amines) is 1. The molecule has 1 heterocycles. The molecule has 11 heteroatoms. The van der Waals surface area contributed by atoms with Crippen molar-refractivity contribution < 1.29 is 29.4 Å². The summed E-state index contributed by atoms with van der Waals surface area (Å²) in [5, 5.41) is 23.7. The van der Waals surface area contributed by atoms with E-state index >= 15 is 0 Å². The Hall–Kier alpha value is -1.85.